The van der Waals surface area contributed by atoms with E-state index < -0.39 is 10.2 Å². The molecule has 0 aromatic carbocycles. The molecule has 0 bridgehead atoms. The molecule has 2 fully saturated rings. The van der Waals surface area contributed by atoms with Crippen LogP contribution in [0.5, 0.6) is 0 Å². The predicted molar refractivity (Wildman–Crippen MR) is 85.6 cm³/mol. The van der Waals surface area contributed by atoms with Crippen LogP contribution in [0.3, 0.4) is 0 Å². The highest BCUT2D eigenvalue weighted by molar-refractivity contribution is 7.86. The fraction of sp³-hybridized carbons (Fsp3) is 0.857. The molecule has 23 heavy (non-hydrogen) atoms. The van der Waals surface area contributed by atoms with Gasteiger partial charge >= 0.3 is 0 Å². The molecule has 1 saturated heterocycles. The molecule has 0 radical (unpaired) electrons. The van der Waals surface area contributed by atoms with Crippen LogP contribution in [0.4, 0.5) is 0 Å². The number of rotatable bonds is 7. The molecule has 1 aliphatic heterocycles. The molecular weight excluding hydrogens is 318 g/mol. The van der Waals surface area contributed by atoms with Gasteiger partial charge in [-0.05, 0) is 19.8 Å². The predicted octanol–water partition coefficient (Wildman–Crippen LogP) is -0.639. The molecule has 1 saturated carbocycles. The van der Waals surface area contributed by atoms with E-state index in [1.54, 1.807) is 0 Å². The number of nitrogens with zero attached hydrogens (tertiary/aromatic N) is 4. The molecule has 0 aromatic rings. The Hall–Kier alpha value is -1.21. The van der Waals surface area contributed by atoms with Crippen molar-refractivity contribution in [3.63, 3.8) is 0 Å². The Morgan fingerprint density at radius 2 is 1.96 bits per heavy atom. The summed E-state index contributed by atoms with van der Waals surface area (Å²) in [5, 5.41) is 11.6. The van der Waals surface area contributed by atoms with Crippen LogP contribution >= 0.6 is 0 Å². The van der Waals surface area contributed by atoms with E-state index in [9.17, 15) is 13.2 Å². The molecule has 8 nitrogen and oxygen atoms in total. The second kappa shape index (κ2) is 7.57. The van der Waals surface area contributed by atoms with Gasteiger partial charge in [0.15, 0.2) is 0 Å². The second-order valence-corrected chi connectivity index (χ2v) is 8.17. The number of carbonyl (C=O) groups is 1. The zero-order chi connectivity index (χ0) is 17.0. The molecule has 1 amide bonds. The maximum absolute atomic E-state index is 12.4. The van der Waals surface area contributed by atoms with Crippen molar-refractivity contribution in [1.29, 1.82) is 5.26 Å². The van der Waals surface area contributed by atoms with E-state index in [2.05, 4.69) is 5.32 Å². The van der Waals surface area contributed by atoms with Gasteiger partial charge in [0.2, 0.25) is 5.91 Å². The Morgan fingerprint density at radius 1 is 1.35 bits per heavy atom. The van der Waals surface area contributed by atoms with Crippen LogP contribution in [0.2, 0.25) is 0 Å². The molecule has 130 valence electrons. The van der Waals surface area contributed by atoms with Crippen molar-refractivity contribution < 1.29 is 13.2 Å². The monoisotopic (exact) mass is 343 g/mol. The topological polar surface area (TPSA) is 96.8 Å². The number of carbonyl (C=O) groups excluding carboxylic acids is 1. The minimum atomic E-state index is -3.52. The Bertz CT molecular complexity index is 561. The van der Waals surface area contributed by atoms with Crippen molar-refractivity contribution in [3.8, 4) is 6.07 Å². The number of nitriles is 1. The van der Waals surface area contributed by atoms with Gasteiger partial charge in [0.1, 0.15) is 0 Å². The summed E-state index contributed by atoms with van der Waals surface area (Å²) in [6, 6.07) is 2.05. The lowest BCUT2D eigenvalue weighted by Gasteiger charge is -2.38. The molecular formula is C14H25N5O3S. The Balaban J connectivity index is 1.84. The average molecular weight is 343 g/mol. The van der Waals surface area contributed by atoms with Crippen LogP contribution in [0.1, 0.15) is 26.2 Å². The highest BCUT2D eigenvalue weighted by Crippen LogP contribution is 2.19. The summed E-state index contributed by atoms with van der Waals surface area (Å²) in [7, 11) is -2.03. The third-order valence-electron chi connectivity index (χ3n) is 4.38. The van der Waals surface area contributed by atoms with E-state index in [1.165, 1.54) is 15.7 Å². The van der Waals surface area contributed by atoms with Crippen LogP contribution in [-0.4, -0.2) is 79.7 Å². The standard InChI is InChI=1S/C14H25N5O3S/c1-12(14(20)16-13-4-5-13)18-8-10-19(11-9-18)23(21,22)17(2)7-3-6-15/h12-13H,3-5,7-11H2,1-2H3,(H,16,20). The number of piperazine rings is 1. The van der Waals surface area contributed by atoms with Gasteiger partial charge in [-0.15, -0.1) is 0 Å². The summed E-state index contributed by atoms with van der Waals surface area (Å²) in [6.45, 7) is 3.84. The Morgan fingerprint density at radius 3 is 2.48 bits per heavy atom. The van der Waals surface area contributed by atoms with Crippen LogP contribution < -0.4 is 5.32 Å². The molecule has 1 aliphatic carbocycles. The highest BCUT2D eigenvalue weighted by Gasteiger charge is 2.34. The van der Waals surface area contributed by atoms with Crippen LogP contribution in [0, 0.1) is 11.3 Å². The molecule has 9 heteroatoms. The molecule has 1 N–H and O–H groups in total. The second-order valence-electron chi connectivity index (χ2n) is 6.13. The summed E-state index contributed by atoms with van der Waals surface area (Å²) < 4.78 is 27.4. The van der Waals surface area contributed by atoms with E-state index in [0.717, 1.165) is 12.8 Å². The Kier molecular flexibility index (Phi) is 5.97. The van der Waals surface area contributed by atoms with Gasteiger partial charge < -0.3 is 5.32 Å². The third kappa shape index (κ3) is 4.64. The van der Waals surface area contributed by atoms with Crippen molar-refractivity contribution in [1.82, 2.24) is 18.8 Å². The minimum Gasteiger partial charge on any atom is -0.352 e. The molecule has 1 atom stereocenters. The van der Waals surface area contributed by atoms with Crippen LogP contribution in [0.15, 0.2) is 0 Å². The van der Waals surface area contributed by atoms with Gasteiger partial charge in [0, 0.05) is 52.2 Å². The number of nitrogens with one attached hydrogen (secondary N) is 1. The summed E-state index contributed by atoms with van der Waals surface area (Å²) in [6.07, 6.45) is 2.28. The number of hydrogen-bond donors (Lipinski definition) is 1. The van der Waals surface area contributed by atoms with Crippen LogP contribution in [-0.2, 0) is 15.0 Å². The average Bonchev–Trinajstić information content (AvgIpc) is 3.35. The first-order chi connectivity index (χ1) is 10.9. The molecule has 0 spiro atoms. The smallest absolute Gasteiger partial charge is 0.281 e. The largest absolute Gasteiger partial charge is 0.352 e. The van der Waals surface area contributed by atoms with E-state index in [4.69, 9.17) is 5.26 Å². The summed E-state index contributed by atoms with van der Waals surface area (Å²) in [4.78, 5) is 14.1. The zero-order valence-electron chi connectivity index (χ0n) is 13.7. The molecule has 0 aromatic heterocycles. The van der Waals surface area contributed by atoms with Crippen LogP contribution in [0.25, 0.3) is 0 Å². The lowest BCUT2D eigenvalue weighted by atomic mass is 10.2. The van der Waals surface area contributed by atoms with Gasteiger partial charge in [-0.3, -0.25) is 9.69 Å². The molecule has 2 rings (SSSR count). The van der Waals surface area contributed by atoms with Crippen molar-refractivity contribution in [3.05, 3.63) is 0 Å². The van der Waals surface area contributed by atoms with Gasteiger partial charge in [-0.25, -0.2) is 0 Å². The maximum Gasteiger partial charge on any atom is 0.281 e. The first-order valence-electron chi connectivity index (χ1n) is 7.99. The van der Waals surface area contributed by atoms with E-state index in [0.29, 0.717) is 32.2 Å². The lowest BCUT2D eigenvalue weighted by molar-refractivity contribution is -0.126. The first-order valence-corrected chi connectivity index (χ1v) is 9.38. The minimum absolute atomic E-state index is 0.0231. The summed E-state index contributed by atoms with van der Waals surface area (Å²) in [5.41, 5.74) is 0. The van der Waals surface area contributed by atoms with Gasteiger partial charge in [0.05, 0.1) is 12.1 Å². The van der Waals surface area contributed by atoms with Gasteiger partial charge in [-0.1, -0.05) is 0 Å². The van der Waals surface area contributed by atoms with Crippen molar-refractivity contribution >= 4 is 16.1 Å². The zero-order valence-corrected chi connectivity index (χ0v) is 14.5. The van der Waals surface area contributed by atoms with Crippen molar-refractivity contribution in [2.45, 2.75) is 38.3 Å². The van der Waals surface area contributed by atoms with Gasteiger partial charge in [0.25, 0.3) is 10.2 Å². The maximum atomic E-state index is 12.4. The molecule has 1 unspecified atom stereocenters. The fourth-order valence-corrected chi connectivity index (χ4v) is 3.90. The molecule has 2 aliphatic rings. The quantitative estimate of drug-likeness (QED) is 0.663. The highest BCUT2D eigenvalue weighted by atomic mass is 32.2. The third-order valence-corrected chi connectivity index (χ3v) is 6.37. The lowest BCUT2D eigenvalue weighted by Crippen LogP contribution is -2.56. The number of hydrogen-bond acceptors (Lipinski definition) is 5. The number of amides is 1. The SMILES string of the molecule is CC(C(=O)NC1CC1)N1CCN(S(=O)(=O)N(C)CCC#N)CC1. The van der Waals surface area contributed by atoms with Crippen molar-refractivity contribution in [2.75, 3.05) is 39.8 Å². The van der Waals surface area contributed by atoms with E-state index in [1.807, 2.05) is 17.9 Å². The summed E-state index contributed by atoms with van der Waals surface area (Å²) >= 11 is 0. The fourth-order valence-electron chi connectivity index (χ4n) is 2.56. The normalized spacial score (nSPS) is 21.8. The van der Waals surface area contributed by atoms with Gasteiger partial charge in [-0.2, -0.15) is 22.3 Å². The van der Waals surface area contributed by atoms with E-state index >= 15 is 0 Å². The summed E-state index contributed by atoms with van der Waals surface area (Å²) in [5.74, 6) is 0.0231. The molecule has 1 heterocycles. The Labute approximate surface area is 138 Å². The van der Waals surface area contributed by atoms with E-state index in [-0.39, 0.29) is 24.9 Å². The van der Waals surface area contributed by atoms with Crippen molar-refractivity contribution in [2.24, 2.45) is 0 Å². The first kappa shape index (κ1) is 18.1.